The van der Waals surface area contributed by atoms with E-state index in [1.165, 1.54) is 0 Å². The van der Waals surface area contributed by atoms with Crippen LogP contribution >= 0.6 is 0 Å². The summed E-state index contributed by atoms with van der Waals surface area (Å²) in [6.45, 7) is 8.64. The van der Waals surface area contributed by atoms with Gasteiger partial charge in [-0.1, -0.05) is 58.0 Å². The second-order valence-electron chi connectivity index (χ2n) is 5.60. The summed E-state index contributed by atoms with van der Waals surface area (Å²) in [6.07, 6.45) is 0.797. The summed E-state index contributed by atoms with van der Waals surface area (Å²) >= 11 is 0. The molecule has 0 saturated carbocycles. The Bertz CT molecular complexity index is 364. The average Bonchev–Trinajstić information content (AvgIpc) is 2.35. The van der Waals surface area contributed by atoms with Crippen molar-refractivity contribution < 1.29 is 9.53 Å². The Morgan fingerprint density at radius 2 is 1.79 bits per heavy atom. The molecule has 0 heterocycles. The van der Waals surface area contributed by atoms with Crippen LogP contribution in [0, 0.1) is 5.92 Å². The van der Waals surface area contributed by atoms with Crippen LogP contribution in [0.5, 0.6) is 0 Å². The number of benzene rings is 1. The highest BCUT2D eigenvalue weighted by atomic mass is 16.5. The molecule has 0 aliphatic heterocycles. The minimum atomic E-state index is -0.219. The van der Waals surface area contributed by atoms with E-state index in [0.29, 0.717) is 12.5 Å². The standard InChI is InChI=1S/C16H25NO2/c1-12(2)10-15(17-13(3)4)16(18)19-11-14-8-6-5-7-9-14/h5-9,12-13,15,17H,10-11H2,1-4H3/t15-/m0/s1. The lowest BCUT2D eigenvalue weighted by molar-refractivity contribution is -0.148. The Hall–Kier alpha value is -1.35. The van der Waals surface area contributed by atoms with Gasteiger partial charge in [-0.25, -0.2) is 0 Å². The van der Waals surface area contributed by atoms with Gasteiger partial charge in [0.2, 0.25) is 0 Å². The Morgan fingerprint density at radius 1 is 1.16 bits per heavy atom. The van der Waals surface area contributed by atoms with Crippen LogP contribution in [0.1, 0.15) is 39.7 Å². The third-order valence-electron chi connectivity index (χ3n) is 2.75. The van der Waals surface area contributed by atoms with E-state index in [1.807, 2.05) is 44.2 Å². The van der Waals surface area contributed by atoms with Gasteiger partial charge in [0.1, 0.15) is 12.6 Å². The third-order valence-corrected chi connectivity index (χ3v) is 2.75. The van der Waals surface area contributed by atoms with Crippen molar-refractivity contribution in [3.8, 4) is 0 Å². The Labute approximate surface area is 116 Å². The van der Waals surface area contributed by atoms with E-state index < -0.39 is 0 Å². The lowest BCUT2D eigenvalue weighted by atomic mass is 10.0. The molecule has 0 spiro atoms. The summed E-state index contributed by atoms with van der Waals surface area (Å²) in [5.41, 5.74) is 1.02. The number of carbonyl (C=O) groups is 1. The zero-order chi connectivity index (χ0) is 14.3. The van der Waals surface area contributed by atoms with Gasteiger partial charge < -0.3 is 10.1 Å². The van der Waals surface area contributed by atoms with Gasteiger partial charge in [0.25, 0.3) is 0 Å². The molecule has 3 heteroatoms. The smallest absolute Gasteiger partial charge is 0.323 e. The molecule has 0 saturated heterocycles. The van der Waals surface area contributed by atoms with Gasteiger partial charge in [0.05, 0.1) is 0 Å². The van der Waals surface area contributed by atoms with Crippen LogP contribution in [0.25, 0.3) is 0 Å². The van der Waals surface area contributed by atoms with Crippen LogP contribution in [-0.2, 0) is 16.1 Å². The quantitative estimate of drug-likeness (QED) is 0.768. The SMILES string of the molecule is CC(C)C[C@H](NC(C)C)C(=O)OCc1ccccc1. The van der Waals surface area contributed by atoms with Crippen LogP contribution in [0.3, 0.4) is 0 Å². The van der Waals surface area contributed by atoms with E-state index in [4.69, 9.17) is 4.74 Å². The molecule has 0 fully saturated rings. The molecule has 106 valence electrons. The maximum atomic E-state index is 12.1. The topological polar surface area (TPSA) is 38.3 Å². The molecule has 1 aromatic carbocycles. The summed E-state index contributed by atoms with van der Waals surface area (Å²) in [5.74, 6) is 0.298. The number of esters is 1. The molecule has 0 amide bonds. The van der Waals surface area contributed by atoms with Crippen molar-refractivity contribution in [3.05, 3.63) is 35.9 Å². The lowest BCUT2D eigenvalue weighted by Crippen LogP contribution is -2.42. The molecule has 0 radical (unpaired) electrons. The van der Waals surface area contributed by atoms with Gasteiger partial charge in [-0.05, 0) is 17.9 Å². The maximum absolute atomic E-state index is 12.1. The number of hydrogen-bond donors (Lipinski definition) is 1. The van der Waals surface area contributed by atoms with E-state index in [-0.39, 0.29) is 18.1 Å². The molecule has 3 nitrogen and oxygen atoms in total. The van der Waals surface area contributed by atoms with E-state index >= 15 is 0 Å². The number of rotatable bonds is 7. The van der Waals surface area contributed by atoms with Crippen molar-refractivity contribution in [2.45, 2.75) is 52.8 Å². The molecule has 0 aromatic heterocycles. The van der Waals surface area contributed by atoms with Crippen LogP contribution in [-0.4, -0.2) is 18.1 Å². The van der Waals surface area contributed by atoms with Crippen molar-refractivity contribution in [2.75, 3.05) is 0 Å². The Balaban J connectivity index is 2.51. The molecule has 1 N–H and O–H groups in total. The highest BCUT2D eigenvalue weighted by molar-refractivity contribution is 5.75. The van der Waals surface area contributed by atoms with Gasteiger partial charge >= 0.3 is 5.97 Å². The average molecular weight is 263 g/mol. The zero-order valence-electron chi connectivity index (χ0n) is 12.3. The molecule has 0 bridgehead atoms. The Kier molecular flexibility index (Phi) is 6.57. The first-order valence-electron chi connectivity index (χ1n) is 6.95. The second kappa shape index (κ2) is 7.95. The predicted molar refractivity (Wildman–Crippen MR) is 77.8 cm³/mol. The Morgan fingerprint density at radius 3 is 2.32 bits per heavy atom. The zero-order valence-corrected chi connectivity index (χ0v) is 12.3. The van der Waals surface area contributed by atoms with Crippen LogP contribution in [0.15, 0.2) is 30.3 Å². The maximum Gasteiger partial charge on any atom is 0.323 e. The normalized spacial score (nSPS) is 12.7. The number of carbonyl (C=O) groups excluding carboxylic acids is 1. The molecule has 0 unspecified atom stereocenters. The van der Waals surface area contributed by atoms with Crippen molar-refractivity contribution in [2.24, 2.45) is 5.92 Å². The second-order valence-corrected chi connectivity index (χ2v) is 5.60. The van der Waals surface area contributed by atoms with Gasteiger partial charge in [0, 0.05) is 6.04 Å². The lowest BCUT2D eigenvalue weighted by Gasteiger charge is -2.21. The summed E-state index contributed by atoms with van der Waals surface area (Å²) in [7, 11) is 0. The van der Waals surface area contributed by atoms with E-state index in [0.717, 1.165) is 12.0 Å². The van der Waals surface area contributed by atoms with Gasteiger partial charge in [-0.15, -0.1) is 0 Å². The molecule has 1 atom stereocenters. The molecule has 0 aliphatic carbocycles. The minimum absolute atomic E-state index is 0.161. The van der Waals surface area contributed by atoms with Crippen molar-refractivity contribution in [3.63, 3.8) is 0 Å². The summed E-state index contributed by atoms with van der Waals surface area (Å²) in [4.78, 5) is 12.1. The molecular weight excluding hydrogens is 238 g/mol. The summed E-state index contributed by atoms with van der Waals surface area (Å²) in [5, 5.41) is 3.27. The number of hydrogen-bond acceptors (Lipinski definition) is 3. The van der Waals surface area contributed by atoms with E-state index in [1.54, 1.807) is 0 Å². The van der Waals surface area contributed by atoms with Crippen molar-refractivity contribution in [1.29, 1.82) is 0 Å². The molecular formula is C16H25NO2. The monoisotopic (exact) mass is 263 g/mol. The minimum Gasteiger partial charge on any atom is -0.460 e. The van der Waals surface area contributed by atoms with E-state index in [2.05, 4.69) is 19.2 Å². The van der Waals surface area contributed by atoms with Crippen LogP contribution in [0.2, 0.25) is 0 Å². The highest BCUT2D eigenvalue weighted by Gasteiger charge is 2.21. The first kappa shape index (κ1) is 15.7. The summed E-state index contributed by atoms with van der Waals surface area (Å²) < 4.78 is 5.39. The van der Waals surface area contributed by atoms with Gasteiger partial charge in [0.15, 0.2) is 0 Å². The van der Waals surface area contributed by atoms with Crippen LogP contribution in [0.4, 0.5) is 0 Å². The fraction of sp³-hybridized carbons (Fsp3) is 0.562. The largest absolute Gasteiger partial charge is 0.460 e. The fourth-order valence-electron chi connectivity index (χ4n) is 1.94. The third kappa shape index (κ3) is 6.39. The number of nitrogens with one attached hydrogen (secondary N) is 1. The van der Waals surface area contributed by atoms with Gasteiger partial charge in [-0.3, -0.25) is 4.79 Å². The summed E-state index contributed by atoms with van der Waals surface area (Å²) in [6, 6.07) is 9.81. The molecule has 19 heavy (non-hydrogen) atoms. The van der Waals surface area contributed by atoms with E-state index in [9.17, 15) is 4.79 Å². The van der Waals surface area contributed by atoms with Crippen LogP contribution < -0.4 is 5.32 Å². The van der Waals surface area contributed by atoms with Crippen molar-refractivity contribution in [1.82, 2.24) is 5.32 Å². The molecule has 1 aromatic rings. The predicted octanol–water partition coefficient (Wildman–Crippen LogP) is 3.14. The molecule has 1 rings (SSSR count). The van der Waals surface area contributed by atoms with Gasteiger partial charge in [-0.2, -0.15) is 0 Å². The highest BCUT2D eigenvalue weighted by Crippen LogP contribution is 2.09. The number of ether oxygens (including phenoxy) is 1. The van der Waals surface area contributed by atoms with Crippen molar-refractivity contribution >= 4 is 5.97 Å². The first-order valence-corrected chi connectivity index (χ1v) is 6.95. The molecule has 0 aliphatic rings. The fourth-order valence-corrected chi connectivity index (χ4v) is 1.94. The first-order chi connectivity index (χ1) is 8.99.